The van der Waals surface area contributed by atoms with Crippen LogP contribution in [0.4, 0.5) is 11.4 Å². The first kappa shape index (κ1) is 15.5. The van der Waals surface area contributed by atoms with Crippen molar-refractivity contribution in [3.63, 3.8) is 0 Å². The van der Waals surface area contributed by atoms with Crippen molar-refractivity contribution in [1.29, 1.82) is 0 Å². The third-order valence-electron chi connectivity index (χ3n) is 4.00. The van der Waals surface area contributed by atoms with Crippen LogP contribution in [0.15, 0.2) is 18.2 Å². The molecule has 2 rings (SSSR count). The molecule has 1 aromatic carbocycles. The summed E-state index contributed by atoms with van der Waals surface area (Å²) < 4.78 is 0. The van der Waals surface area contributed by atoms with Gasteiger partial charge < -0.3 is 16.4 Å². The lowest BCUT2D eigenvalue weighted by Gasteiger charge is -2.31. The number of rotatable bonds is 3. The van der Waals surface area contributed by atoms with Gasteiger partial charge in [-0.05, 0) is 37.5 Å². The van der Waals surface area contributed by atoms with Gasteiger partial charge in [-0.15, -0.1) is 0 Å². The highest BCUT2D eigenvalue weighted by Crippen LogP contribution is 2.28. The maximum Gasteiger partial charge on any atom is 0.244 e. The molecular weight excluding hydrogens is 266 g/mol. The van der Waals surface area contributed by atoms with Crippen LogP contribution in [-0.4, -0.2) is 17.4 Å². The smallest absolute Gasteiger partial charge is 0.244 e. The monoisotopic (exact) mass is 289 g/mol. The van der Waals surface area contributed by atoms with Crippen LogP contribution in [0.3, 0.4) is 0 Å². The van der Waals surface area contributed by atoms with Crippen molar-refractivity contribution in [2.24, 2.45) is 5.73 Å². The Morgan fingerprint density at radius 3 is 2.43 bits per heavy atom. The van der Waals surface area contributed by atoms with E-state index >= 15 is 0 Å². The van der Waals surface area contributed by atoms with Gasteiger partial charge in [0.1, 0.15) is 0 Å². The average molecular weight is 289 g/mol. The van der Waals surface area contributed by atoms with Gasteiger partial charge in [0.05, 0.1) is 5.54 Å². The van der Waals surface area contributed by atoms with E-state index in [0.29, 0.717) is 11.4 Å². The highest BCUT2D eigenvalue weighted by atomic mass is 16.2. The first-order valence-electron chi connectivity index (χ1n) is 7.39. The minimum atomic E-state index is -0.767. The maximum atomic E-state index is 12.4. The van der Waals surface area contributed by atoms with E-state index in [2.05, 4.69) is 10.6 Å². The minimum Gasteiger partial charge on any atom is -0.326 e. The summed E-state index contributed by atoms with van der Waals surface area (Å²) in [6.07, 6.45) is 4.58. The molecule has 5 heteroatoms. The zero-order valence-corrected chi connectivity index (χ0v) is 12.7. The van der Waals surface area contributed by atoms with Crippen LogP contribution in [-0.2, 0) is 9.59 Å². The first-order chi connectivity index (χ1) is 9.90. The molecule has 0 unspecified atom stereocenters. The zero-order chi connectivity index (χ0) is 15.5. The van der Waals surface area contributed by atoms with E-state index in [1.54, 1.807) is 6.07 Å². The summed E-state index contributed by atoms with van der Waals surface area (Å²) in [5.74, 6) is -0.274. The molecule has 1 fully saturated rings. The number of hydrogen-bond donors (Lipinski definition) is 3. The molecule has 0 atom stereocenters. The molecule has 0 spiro atoms. The Balaban J connectivity index is 2.12. The fourth-order valence-corrected chi connectivity index (χ4v) is 2.69. The summed E-state index contributed by atoms with van der Waals surface area (Å²) in [6.45, 7) is 3.37. The Morgan fingerprint density at radius 1 is 1.14 bits per heavy atom. The molecule has 0 aromatic heterocycles. The Morgan fingerprint density at radius 2 is 1.81 bits per heavy atom. The van der Waals surface area contributed by atoms with Gasteiger partial charge in [-0.25, -0.2) is 0 Å². The molecule has 1 aromatic rings. The van der Waals surface area contributed by atoms with Crippen molar-refractivity contribution in [2.75, 3.05) is 10.6 Å². The minimum absolute atomic E-state index is 0.135. The second-order valence-electron chi connectivity index (χ2n) is 5.88. The molecule has 1 saturated carbocycles. The second-order valence-corrected chi connectivity index (χ2v) is 5.88. The third kappa shape index (κ3) is 3.82. The number of nitrogens with two attached hydrogens (primary N) is 1. The second kappa shape index (κ2) is 6.26. The molecule has 0 aliphatic heterocycles. The molecule has 0 radical (unpaired) electrons. The highest BCUT2D eigenvalue weighted by molar-refractivity contribution is 5.99. The number of amides is 2. The van der Waals surface area contributed by atoms with Gasteiger partial charge in [0, 0.05) is 18.3 Å². The number of benzene rings is 1. The Hall–Kier alpha value is -1.88. The molecule has 1 aliphatic carbocycles. The molecule has 0 heterocycles. The number of aryl methyl sites for hydroxylation is 1. The predicted molar refractivity (Wildman–Crippen MR) is 84.1 cm³/mol. The van der Waals surface area contributed by atoms with Gasteiger partial charge in [0.25, 0.3) is 0 Å². The topological polar surface area (TPSA) is 84.2 Å². The lowest BCUT2D eigenvalue weighted by atomic mass is 9.82. The SMILES string of the molecule is CC(=O)Nc1cc(NC(=O)C2(N)CCCCC2)ccc1C. The van der Waals surface area contributed by atoms with E-state index in [0.717, 1.165) is 37.7 Å². The van der Waals surface area contributed by atoms with Gasteiger partial charge >= 0.3 is 0 Å². The van der Waals surface area contributed by atoms with E-state index in [1.807, 2.05) is 19.1 Å². The van der Waals surface area contributed by atoms with E-state index in [-0.39, 0.29) is 11.8 Å². The number of carbonyl (C=O) groups is 2. The van der Waals surface area contributed by atoms with Gasteiger partial charge in [-0.3, -0.25) is 9.59 Å². The van der Waals surface area contributed by atoms with E-state index in [9.17, 15) is 9.59 Å². The molecule has 0 saturated heterocycles. The Labute approximate surface area is 125 Å². The van der Waals surface area contributed by atoms with Crippen LogP contribution >= 0.6 is 0 Å². The first-order valence-corrected chi connectivity index (χ1v) is 7.39. The molecule has 2 amide bonds. The fourth-order valence-electron chi connectivity index (χ4n) is 2.69. The van der Waals surface area contributed by atoms with Crippen LogP contribution in [0.25, 0.3) is 0 Å². The number of carbonyl (C=O) groups excluding carboxylic acids is 2. The fraction of sp³-hybridized carbons (Fsp3) is 0.500. The van der Waals surface area contributed by atoms with Crippen LogP contribution in [0.5, 0.6) is 0 Å². The molecular formula is C16H23N3O2. The van der Waals surface area contributed by atoms with E-state index in [4.69, 9.17) is 5.73 Å². The van der Waals surface area contributed by atoms with Crippen LogP contribution in [0.1, 0.15) is 44.6 Å². The van der Waals surface area contributed by atoms with Crippen molar-refractivity contribution in [3.8, 4) is 0 Å². The van der Waals surface area contributed by atoms with Gasteiger partial charge in [-0.1, -0.05) is 25.3 Å². The predicted octanol–water partition coefficient (Wildman–Crippen LogP) is 2.55. The summed E-state index contributed by atoms with van der Waals surface area (Å²) in [5.41, 5.74) is 7.76. The van der Waals surface area contributed by atoms with Gasteiger partial charge in [0.15, 0.2) is 0 Å². The summed E-state index contributed by atoms with van der Waals surface area (Å²) in [5, 5.41) is 5.63. The largest absolute Gasteiger partial charge is 0.326 e. The Kier molecular flexibility index (Phi) is 4.63. The lowest BCUT2D eigenvalue weighted by Crippen LogP contribution is -2.52. The average Bonchev–Trinajstić information content (AvgIpc) is 2.43. The molecule has 1 aliphatic rings. The van der Waals surface area contributed by atoms with Gasteiger partial charge in [-0.2, -0.15) is 0 Å². The van der Waals surface area contributed by atoms with Crippen LogP contribution < -0.4 is 16.4 Å². The summed E-state index contributed by atoms with van der Waals surface area (Å²) in [4.78, 5) is 23.6. The van der Waals surface area contributed by atoms with Crippen molar-refractivity contribution in [2.45, 2.75) is 51.5 Å². The molecule has 5 nitrogen and oxygen atoms in total. The zero-order valence-electron chi connectivity index (χ0n) is 12.7. The third-order valence-corrected chi connectivity index (χ3v) is 4.00. The molecule has 4 N–H and O–H groups in total. The van der Waals surface area contributed by atoms with Crippen molar-refractivity contribution < 1.29 is 9.59 Å². The van der Waals surface area contributed by atoms with Crippen molar-refractivity contribution >= 4 is 23.2 Å². The Bertz CT molecular complexity index is 548. The van der Waals surface area contributed by atoms with Crippen LogP contribution in [0.2, 0.25) is 0 Å². The molecule has 114 valence electrons. The lowest BCUT2D eigenvalue weighted by molar-refractivity contribution is -0.122. The standard InChI is InChI=1S/C16H23N3O2/c1-11-6-7-13(10-14(11)18-12(2)20)19-15(21)16(17)8-4-3-5-9-16/h6-7,10H,3-5,8-9,17H2,1-2H3,(H,18,20)(H,19,21). The molecule has 21 heavy (non-hydrogen) atoms. The maximum absolute atomic E-state index is 12.4. The summed E-state index contributed by atoms with van der Waals surface area (Å²) in [7, 11) is 0. The number of hydrogen-bond acceptors (Lipinski definition) is 3. The molecule has 0 bridgehead atoms. The van der Waals surface area contributed by atoms with E-state index in [1.165, 1.54) is 6.92 Å². The summed E-state index contributed by atoms with van der Waals surface area (Å²) in [6, 6.07) is 5.45. The van der Waals surface area contributed by atoms with Crippen molar-refractivity contribution in [1.82, 2.24) is 0 Å². The number of nitrogens with one attached hydrogen (secondary N) is 2. The van der Waals surface area contributed by atoms with E-state index < -0.39 is 5.54 Å². The number of anilines is 2. The van der Waals surface area contributed by atoms with Crippen LogP contribution in [0, 0.1) is 6.92 Å². The normalized spacial score (nSPS) is 17.1. The van der Waals surface area contributed by atoms with Gasteiger partial charge in [0.2, 0.25) is 11.8 Å². The quantitative estimate of drug-likeness (QED) is 0.799. The van der Waals surface area contributed by atoms with Crippen molar-refractivity contribution in [3.05, 3.63) is 23.8 Å². The highest BCUT2D eigenvalue weighted by Gasteiger charge is 2.35. The summed E-state index contributed by atoms with van der Waals surface area (Å²) >= 11 is 0.